The molecule has 1 aromatic carbocycles. The maximum Gasteiger partial charge on any atom is 0.250 e. The summed E-state index contributed by atoms with van der Waals surface area (Å²) < 4.78 is 3.51. The number of hydrogen-bond acceptors (Lipinski definition) is 6. The van der Waals surface area contributed by atoms with Crippen LogP contribution in [-0.4, -0.2) is 53.1 Å². The van der Waals surface area contributed by atoms with Crippen LogP contribution in [0.3, 0.4) is 0 Å². The van der Waals surface area contributed by atoms with Gasteiger partial charge in [-0.05, 0) is 25.2 Å². The first-order chi connectivity index (χ1) is 12.4. The van der Waals surface area contributed by atoms with Gasteiger partial charge in [-0.1, -0.05) is 60.8 Å². The van der Waals surface area contributed by atoms with Gasteiger partial charge in [-0.3, -0.25) is 0 Å². The molecule has 9 heteroatoms. The van der Waals surface area contributed by atoms with E-state index < -0.39 is 3.79 Å². The second kappa shape index (κ2) is 9.55. The van der Waals surface area contributed by atoms with E-state index in [0.717, 1.165) is 25.2 Å². The third-order valence-electron chi connectivity index (χ3n) is 3.82. The first-order valence-corrected chi connectivity index (χ1v) is 9.44. The molecule has 0 bridgehead atoms. The third-order valence-corrected chi connectivity index (χ3v) is 4.33. The SMILES string of the molecule is CCN(CC)CCNc1nc(-c2cccc(OC)c2)nc(C(Cl)(Cl)Cl)n1. The van der Waals surface area contributed by atoms with Crippen molar-refractivity contribution in [2.24, 2.45) is 0 Å². The number of aromatic nitrogens is 3. The summed E-state index contributed by atoms with van der Waals surface area (Å²) in [5.41, 5.74) is 0.744. The van der Waals surface area contributed by atoms with Gasteiger partial charge in [-0.15, -0.1) is 0 Å². The topological polar surface area (TPSA) is 63.2 Å². The molecule has 0 radical (unpaired) electrons. The van der Waals surface area contributed by atoms with Gasteiger partial charge in [0.2, 0.25) is 9.74 Å². The van der Waals surface area contributed by atoms with Crippen molar-refractivity contribution in [1.82, 2.24) is 19.9 Å². The largest absolute Gasteiger partial charge is 0.497 e. The highest BCUT2D eigenvalue weighted by Gasteiger charge is 2.28. The Bertz CT molecular complexity index is 720. The Morgan fingerprint density at radius 3 is 2.46 bits per heavy atom. The van der Waals surface area contributed by atoms with Crippen LogP contribution in [0.2, 0.25) is 0 Å². The third kappa shape index (κ3) is 5.84. The van der Waals surface area contributed by atoms with E-state index in [9.17, 15) is 0 Å². The predicted molar refractivity (Wildman–Crippen MR) is 107 cm³/mol. The number of nitrogens with one attached hydrogen (secondary N) is 1. The van der Waals surface area contributed by atoms with E-state index in [0.29, 0.717) is 24.1 Å². The highest BCUT2D eigenvalue weighted by atomic mass is 35.6. The molecule has 1 N–H and O–H groups in total. The highest BCUT2D eigenvalue weighted by Crippen LogP contribution is 2.37. The van der Waals surface area contributed by atoms with Crippen molar-refractivity contribution in [3.63, 3.8) is 0 Å². The van der Waals surface area contributed by atoms with Gasteiger partial charge in [0.05, 0.1) is 7.11 Å². The van der Waals surface area contributed by atoms with Gasteiger partial charge < -0.3 is 15.0 Å². The summed E-state index contributed by atoms with van der Waals surface area (Å²) in [7, 11) is 1.60. The molecule has 0 aliphatic carbocycles. The van der Waals surface area contributed by atoms with Crippen LogP contribution >= 0.6 is 34.8 Å². The molecule has 1 heterocycles. The van der Waals surface area contributed by atoms with Gasteiger partial charge in [-0.2, -0.15) is 9.97 Å². The van der Waals surface area contributed by atoms with Gasteiger partial charge >= 0.3 is 0 Å². The van der Waals surface area contributed by atoms with Crippen LogP contribution in [0.1, 0.15) is 19.7 Å². The summed E-state index contributed by atoms with van der Waals surface area (Å²) in [5.74, 6) is 1.53. The number of nitrogens with zero attached hydrogens (tertiary/aromatic N) is 4. The molecular weight excluding hydrogens is 397 g/mol. The van der Waals surface area contributed by atoms with Gasteiger partial charge in [0.1, 0.15) is 5.75 Å². The van der Waals surface area contributed by atoms with E-state index in [1.165, 1.54) is 0 Å². The Morgan fingerprint density at radius 1 is 1.12 bits per heavy atom. The van der Waals surface area contributed by atoms with Crippen molar-refractivity contribution in [3.8, 4) is 17.1 Å². The number of anilines is 1. The average Bonchev–Trinajstić information content (AvgIpc) is 2.64. The molecule has 0 fully saturated rings. The molecule has 0 amide bonds. The van der Waals surface area contributed by atoms with Gasteiger partial charge in [0, 0.05) is 18.7 Å². The van der Waals surface area contributed by atoms with Crippen molar-refractivity contribution < 1.29 is 4.74 Å². The Kier molecular flexibility index (Phi) is 7.70. The lowest BCUT2D eigenvalue weighted by molar-refractivity contribution is 0.316. The minimum atomic E-state index is -1.74. The lowest BCUT2D eigenvalue weighted by Crippen LogP contribution is -2.29. The molecule has 26 heavy (non-hydrogen) atoms. The fourth-order valence-corrected chi connectivity index (χ4v) is 2.59. The van der Waals surface area contributed by atoms with Crippen LogP contribution in [0.5, 0.6) is 5.75 Å². The van der Waals surface area contributed by atoms with Crippen molar-refractivity contribution >= 4 is 40.8 Å². The molecule has 0 atom stereocenters. The minimum Gasteiger partial charge on any atom is -0.497 e. The standard InChI is InChI=1S/C17H22Cl3N5O/c1-4-25(5-2)10-9-21-16-23-14(22-15(24-16)17(18,19)20)12-7-6-8-13(11-12)26-3/h6-8,11H,4-5,9-10H2,1-3H3,(H,21,22,23,24). The van der Waals surface area contributed by atoms with Crippen LogP contribution in [0.15, 0.2) is 24.3 Å². The van der Waals surface area contributed by atoms with Gasteiger partial charge in [0.25, 0.3) is 0 Å². The normalized spacial score (nSPS) is 11.7. The molecule has 0 spiro atoms. The summed E-state index contributed by atoms with van der Waals surface area (Å²) >= 11 is 18.0. The molecule has 2 aromatic rings. The molecule has 0 aliphatic rings. The van der Waals surface area contributed by atoms with Crippen LogP contribution < -0.4 is 10.1 Å². The van der Waals surface area contributed by atoms with E-state index in [2.05, 4.69) is 39.0 Å². The predicted octanol–water partition coefficient (Wildman–Crippen LogP) is 4.13. The summed E-state index contributed by atoms with van der Waals surface area (Å²) in [6.45, 7) is 7.72. The van der Waals surface area contributed by atoms with Crippen LogP contribution in [0.4, 0.5) is 5.95 Å². The maximum atomic E-state index is 6.00. The molecule has 2 rings (SSSR count). The number of rotatable bonds is 8. The molecule has 1 aromatic heterocycles. The quantitative estimate of drug-likeness (QED) is 0.650. The van der Waals surface area contributed by atoms with Crippen molar-refractivity contribution in [2.45, 2.75) is 17.6 Å². The smallest absolute Gasteiger partial charge is 0.250 e. The number of methoxy groups -OCH3 is 1. The Morgan fingerprint density at radius 2 is 1.85 bits per heavy atom. The molecular formula is C17H22Cl3N5O. The first kappa shape index (κ1) is 21.0. The molecule has 0 unspecified atom stereocenters. The van der Waals surface area contributed by atoms with E-state index in [1.807, 2.05) is 24.3 Å². The zero-order valence-electron chi connectivity index (χ0n) is 15.0. The monoisotopic (exact) mass is 417 g/mol. The summed E-state index contributed by atoms with van der Waals surface area (Å²) in [6.07, 6.45) is 0. The van der Waals surface area contributed by atoms with E-state index in [4.69, 9.17) is 39.5 Å². The zero-order chi connectivity index (χ0) is 19.2. The van der Waals surface area contributed by atoms with Crippen molar-refractivity contribution in [3.05, 3.63) is 30.1 Å². The summed E-state index contributed by atoms with van der Waals surface area (Å²) in [4.78, 5) is 15.3. The number of alkyl halides is 3. The molecule has 142 valence electrons. The van der Waals surface area contributed by atoms with Crippen LogP contribution in [-0.2, 0) is 3.79 Å². The second-order valence-corrected chi connectivity index (χ2v) is 7.77. The Hall–Kier alpha value is -1.34. The number of hydrogen-bond donors (Lipinski definition) is 1. The lowest BCUT2D eigenvalue weighted by atomic mass is 10.2. The maximum absolute atomic E-state index is 6.00. The second-order valence-electron chi connectivity index (χ2n) is 5.49. The number of benzene rings is 1. The van der Waals surface area contributed by atoms with E-state index in [1.54, 1.807) is 7.11 Å². The first-order valence-electron chi connectivity index (χ1n) is 8.31. The van der Waals surface area contributed by atoms with Crippen LogP contribution in [0, 0.1) is 0 Å². The highest BCUT2D eigenvalue weighted by molar-refractivity contribution is 6.66. The fraction of sp³-hybridized carbons (Fsp3) is 0.471. The molecule has 0 saturated carbocycles. The van der Waals surface area contributed by atoms with Gasteiger partial charge in [-0.25, -0.2) is 4.98 Å². The molecule has 0 saturated heterocycles. The van der Waals surface area contributed by atoms with Crippen molar-refractivity contribution in [1.29, 1.82) is 0 Å². The lowest BCUT2D eigenvalue weighted by Gasteiger charge is -2.18. The Balaban J connectivity index is 2.30. The van der Waals surface area contributed by atoms with Crippen LogP contribution in [0.25, 0.3) is 11.4 Å². The molecule has 0 aliphatic heterocycles. The minimum absolute atomic E-state index is 0.0701. The summed E-state index contributed by atoms with van der Waals surface area (Å²) in [6, 6.07) is 7.36. The number of likely N-dealkylation sites (N-methyl/N-ethyl adjacent to an activating group) is 1. The fourth-order valence-electron chi connectivity index (χ4n) is 2.34. The number of ether oxygens (including phenoxy) is 1. The van der Waals surface area contributed by atoms with E-state index in [-0.39, 0.29) is 5.82 Å². The van der Waals surface area contributed by atoms with Gasteiger partial charge in [0.15, 0.2) is 11.6 Å². The molecule has 6 nitrogen and oxygen atoms in total. The summed E-state index contributed by atoms with van der Waals surface area (Å²) in [5, 5.41) is 3.18. The average molecular weight is 419 g/mol. The number of halogens is 3. The zero-order valence-corrected chi connectivity index (χ0v) is 17.2. The van der Waals surface area contributed by atoms with E-state index >= 15 is 0 Å². The Labute approximate surface area is 168 Å². The van der Waals surface area contributed by atoms with Crippen molar-refractivity contribution in [2.75, 3.05) is 38.6 Å².